The molecule has 14 aromatic carbocycles. The molecular formula is C111H95BBr2Cl4N8O17S3. The first kappa shape index (κ1) is 104. The molecule has 744 valence electrons. The lowest BCUT2D eigenvalue weighted by Gasteiger charge is -2.32. The zero-order valence-electron chi connectivity index (χ0n) is 80.5. The first-order valence-electron chi connectivity index (χ1n) is 46.3. The van der Waals surface area contributed by atoms with Crippen LogP contribution in [0.3, 0.4) is 0 Å². The number of carbonyl (C=O) groups excluding carboxylic acids is 7. The van der Waals surface area contributed by atoms with Gasteiger partial charge in [-0.15, -0.1) is 0 Å². The fourth-order valence-electron chi connectivity index (χ4n) is 16.7. The topological polar surface area (TPSA) is 334 Å². The summed E-state index contributed by atoms with van der Waals surface area (Å²) in [5, 5.41) is 31.7. The Kier molecular flexibility index (Phi) is 31.1. The van der Waals surface area contributed by atoms with E-state index in [9.17, 15) is 51.3 Å². The van der Waals surface area contributed by atoms with E-state index < -0.39 is 44.9 Å². The largest absolute Gasteiger partial charge is 0.494 e. The Balaban J connectivity index is 0.000000117. The highest BCUT2D eigenvalue weighted by Crippen LogP contribution is 2.47. The van der Waals surface area contributed by atoms with Crippen molar-refractivity contribution in [3.05, 3.63) is 361 Å². The fourth-order valence-corrected chi connectivity index (χ4v) is 22.2. The number of hydrogen-bond acceptors (Lipinski definition) is 19. The highest BCUT2D eigenvalue weighted by atomic mass is 79.9. The van der Waals surface area contributed by atoms with Crippen LogP contribution in [0.2, 0.25) is 20.1 Å². The molecule has 0 aliphatic carbocycles. The van der Waals surface area contributed by atoms with Gasteiger partial charge in [-0.1, -0.05) is 136 Å². The van der Waals surface area contributed by atoms with Gasteiger partial charge in [-0.25, -0.2) is 12.6 Å². The maximum Gasteiger partial charge on any atom is 0.494 e. The average molecular weight is 2220 g/mol. The van der Waals surface area contributed by atoms with E-state index in [-0.39, 0.29) is 56.9 Å². The van der Waals surface area contributed by atoms with Crippen LogP contribution >= 0.6 is 90.0 Å². The Hall–Kier alpha value is -13.1. The summed E-state index contributed by atoms with van der Waals surface area (Å²) >= 11 is 32.1. The van der Waals surface area contributed by atoms with Gasteiger partial charge < -0.3 is 75.5 Å². The van der Waals surface area contributed by atoms with Gasteiger partial charge in [0.15, 0.2) is 17.2 Å². The van der Waals surface area contributed by atoms with E-state index in [0.29, 0.717) is 145 Å². The average Bonchev–Trinajstić information content (AvgIpc) is 1.60. The summed E-state index contributed by atoms with van der Waals surface area (Å²) in [7, 11) is -5.66. The Bertz CT molecular complexity index is 7740. The number of β-amino-alcohol motifs (C(OH)–C–C–N with tert-alkyl or cyclic N) is 1. The number of aliphatic hydroxyl groups is 1. The number of aryl methyl sites for hydroxylation is 6. The molecule has 35 heteroatoms. The molecule has 0 radical (unpaired) electrons. The van der Waals surface area contributed by atoms with Gasteiger partial charge in [0.25, 0.3) is 41.4 Å². The van der Waals surface area contributed by atoms with Gasteiger partial charge in [0.1, 0.15) is 23.0 Å². The van der Waals surface area contributed by atoms with Crippen LogP contribution in [-0.4, -0.2) is 103 Å². The molecule has 9 aliphatic rings. The second-order valence-corrected chi connectivity index (χ2v) is 44.5. The normalized spacial score (nSPS) is 16.2. The molecule has 2 fully saturated rings. The summed E-state index contributed by atoms with van der Waals surface area (Å²) in [4.78, 5) is 91.5. The standard InChI is InChI=1S/C20H22BNO4.C18H17BrN2O3.C16H14BrNO3.C15H12ClNO.C14H10ClNO3S.C14H10ClNO2S.C14H10ClNOS/c1-12-6-8-17-15(10-12)22-18(23)14-11-13(7-9-16(14)24-17)21-25-19(2,3)20(4,5)26-21;1-10-2-3-16-14(6-10)20-18(23)12-7-13(19)15(8-17(12)24-16)21-5-4-11(22)9-21;1-2-7-20-11-4-6-15-13(9-11)18-16(19)12-8-10(17)3-5-14(12)21-15;1-9-2-3-11-7-10-4-5-12(16)8-13(10)15(18)17-14(11)6-9;1-8-2-4-13-11(6-8)16-14(17)10-7-9(15)3-5-12(10)20(13,18)19;1-8-2-4-13-11(6-8)16-14(17)10-7-9(15)3-5-12(10)19(13)18;1-8-2-4-13-11(6-8)16-14(17)10-7-9(15)3-5-12(10)18-13/h6-11H,1-5H3,(H,22,23);2-3,6-8,11,22H,4-5,9H2,1H3,(H,20,23);3-6,8-9H,2,7H2,1H3,(H,18,19);2-6,8H,7H2,1H3,(H,17,18);2-7H,1H3,(H,16,17);2-7H,1H3,(H,16,17);2-7H,1H3,(H,16,17)/t;11-;;;;;/m.1...../s1. The second kappa shape index (κ2) is 43.5. The van der Waals surface area contributed by atoms with E-state index in [1.165, 1.54) is 24.3 Å². The lowest BCUT2D eigenvalue weighted by molar-refractivity contribution is 0.00578. The number of hydrogen-bond donors (Lipinski definition) is 8. The second-order valence-electron chi connectivity index (χ2n) is 36.6. The molecule has 23 rings (SSSR count). The maximum absolute atomic E-state index is 12.7. The van der Waals surface area contributed by atoms with Crippen molar-refractivity contribution in [1.29, 1.82) is 0 Å². The zero-order chi connectivity index (χ0) is 104. The Morgan fingerprint density at radius 1 is 0.425 bits per heavy atom. The molecule has 1 unspecified atom stereocenters. The number of aliphatic hydroxyl groups excluding tert-OH is 1. The predicted octanol–water partition coefficient (Wildman–Crippen LogP) is 26.5. The predicted molar refractivity (Wildman–Crippen MR) is 581 cm³/mol. The van der Waals surface area contributed by atoms with Crippen LogP contribution < -0.4 is 66.5 Å². The summed E-state index contributed by atoms with van der Waals surface area (Å²) in [5.41, 5.74) is 17.0. The van der Waals surface area contributed by atoms with E-state index in [1.54, 1.807) is 109 Å². The van der Waals surface area contributed by atoms with Crippen LogP contribution in [0.25, 0.3) is 0 Å². The molecule has 8 N–H and O–H groups in total. The molecule has 0 aromatic heterocycles. The monoisotopic (exact) mass is 2220 g/mol. The van der Waals surface area contributed by atoms with Crippen LogP contribution in [0.4, 0.5) is 45.5 Å². The van der Waals surface area contributed by atoms with Crippen LogP contribution in [0, 0.1) is 41.5 Å². The lowest BCUT2D eigenvalue weighted by atomic mass is 9.78. The first-order valence-corrected chi connectivity index (χ1v) is 52.8. The number of amides is 7. The molecule has 146 heavy (non-hydrogen) atoms. The molecule has 25 nitrogen and oxygen atoms in total. The van der Waals surface area contributed by atoms with Gasteiger partial charge >= 0.3 is 7.12 Å². The minimum absolute atomic E-state index is 0.0259. The van der Waals surface area contributed by atoms with Gasteiger partial charge in [0.05, 0.1) is 127 Å². The maximum atomic E-state index is 12.7. The van der Waals surface area contributed by atoms with Crippen LogP contribution in [0.1, 0.15) is 164 Å². The number of fused-ring (bicyclic) bond motifs is 14. The van der Waals surface area contributed by atoms with Gasteiger partial charge in [-0.3, -0.25) is 33.6 Å². The summed E-state index contributed by atoms with van der Waals surface area (Å²) in [6.45, 7) is 23.8. The van der Waals surface area contributed by atoms with Crippen molar-refractivity contribution in [3.8, 4) is 40.2 Å². The van der Waals surface area contributed by atoms with Gasteiger partial charge in [-0.05, 0) is 330 Å². The first-order chi connectivity index (χ1) is 69.6. The number of halogens is 6. The van der Waals surface area contributed by atoms with Crippen molar-refractivity contribution in [3.63, 3.8) is 0 Å². The third kappa shape index (κ3) is 23.3. The molecular weight excluding hydrogens is 2130 g/mol. The smallest absolute Gasteiger partial charge is 0.494 e. The molecule has 0 saturated carbocycles. The number of nitrogens with one attached hydrogen (secondary N) is 7. The summed E-state index contributed by atoms with van der Waals surface area (Å²) in [6.07, 6.45) is 2.11. The molecule has 7 amide bonds. The number of carbonyl (C=O) groups is 7. The minimum Gasteiger partial charge on any atom is -0.494 e. The van der Waals surface area contributed by atoms with Crippen LogP contribution in [0.15, 0.2) is 287 Å². The van der Waals surface area contributed by atoms with E-state index in [0.717, 1.165) is 112 Å². The van der Waals surface area contributed by atoms with Gasteiger partial charge in [0, 0.05) is 81.7 Å². The van der Waals surface area contributed by atoms with Crippen molar-refractivity contribution in [2.45, 2.75) is 142 Å². The van der Waals surface area contributed by atoms with Crippen molar-refractivity contribution in [1.82, 2.24) is 0 Å². The van der Waals surface area contributed by atoms with Crippen molar-refractivity contribution >= 4 is 210 Å². The molecule has 14 aromatic rings. The van der Waals surface area contributed by atoms with E-state index >= 15 is 0 Å². The molecule has 0 spiro atoms. The fraction of sp³-hybridized carbons (Fsp3) is 0.180. The van der Waals surface area contributed by atoms with E-state index in [1.807, 2.05) is 191 Å². The number of ether oxygens (including phenoxy) is 4. The Labute approximate surface area is 887 Å². The zero-order valence-corrected chi connectivity index (χ0v) is 89.1. The summed E-state index contributed by atoms with van der Waals surface area (Å²) in [5.74, 6) is 2.61. The summed E-state index contributed by atoms with van der Waals surface area (Å²) in [6, 6.07) is 73.7. The van der Waals surface area contributed by atoms with Gasteiger partial charge in [-0.2, -0.15) is 0 Å². The van der Waals surface area contributed by atoms with Crippen molar-refractivity contribution < 1.29 is 79.6 Å². The molecule has 9 aliphatic heterocycles. The number of nitrogens with zero attached hydrogens (tertiary/aromatic N) is 1. The highest BCUT2D eigenvalue weighted by Gasteiger charge is 2.52. The van der Waals surface area contributed by atoms with E-state index in [2.05, 4.69) is 86.1 Å². The molecule has 2 saturated heterocycles. The Morgan fingerprint density at radius 2 is 0.856 bits per heavy atom. The lowest BCUT2D eigenvalue weighted by Crippen LogP contribution is -2.41. The summed E-state index contributed by atoms with van der Waals surface area (Å²) < 4.78 is 75.1. The Morgan fingerprint density at radius 3 is 1.49 bits per heavy atom. The number of rotatable bonds is 5. The molecule has 2 atom stereocenters. The third-order valence-electron chi connectivity index (χ3n) is 25.0. The highest BCUT2D eigenvalue weighted by molar-refractivity contribution is 9.11. The van der Waals surface area contributed by atoms with Crippen molar-refractivity contribution in [2.24, 2.45) is 0 Å². The van der Waals surface area contributed by atoms with Crippen molar-refractivity contribution in [2.75, 3.05) is 61.8 Å². The third-order valence-corrected chi connectivity index (χ3v) is 31.6. The number of anilines is 8. The quantitative estimate of drug-likeness (QED) is 0.0742. The van der Waals surface area contributed by atoms with Gasteiger partial charge in [0.2, 0.25) is 9.84 Å². The van der Waals surface area contributed by atoms with Crippen LogP contribution in [0.5, 0.6) is 40.2 Å². The van der Waals surface area contributed by atoms with E-state index in [4.69, 9.17) is 74.7 Å². The van der Waals surface area contributed by atoms with Crippen LogP contribution in [-0.2, 0) is 36.4 Å². The minimum atomic E-state index is -3.75. The number of benzene rings is 14. The molecule has 9 heterocycles. The number of sulfone groups is 1. The molecule has 0 bridgehead atoms. The SMILES string of the molecule is CCCOc1ccc2c(c1)NC(=O)c1cc(Br)ccc1O2.Cc1ccc2c(c1)NC(=O)c1cc(B3OC(C)(C)C(C)(C)O3)ccc1O2.Cc1ccc2c(c1)NC(=O)c1cc(Br)c(N3CC[C@@H](O)C3)cc1O2.Cc1ccc2c(c1)NC(=O)c1cc(Cl)ccc1C2.Cc1ccc2c(c1)NC(=O)c1cc(Cl)ccc1S2.Cc1ccc2c(c1)NC(=O)c1cc(Cl)ccc1S2(=O)=O.Cc1ccc2c(c1)NC(=O)c1cc(Cl)ccc1S2=O.